The van der Waals surface area contributed by atoms with Crippen LogP contribution < -0.4 is 20.7 Å². The molecule has 27 heavy (non-hydrogen) atoms. The molecule has 0 spiro atoms. The molecule has 0 saturated carbocycles. The van der Waals surface area contributed by atoms with E-state index in [-0.39, 0.29) is 0 Å². The van der Waals surface area contributed by atoms with Crippen LogP contribution in [0.15, 0.2) is 0 Å². The number of nitrogens with two attached hydrogens (primary N) is 1. The van der Waals surface area contributed by atoms with Gasteiger partial charge in [-0.2, -0.15) is 15.0 Å². The number of nitrogens with one attached hydrogen (secondary N) is 1. The summed E-state index contributed by atoms with van der Waals surface area (Å²) in [5.74, 6) is 1.22. The fraction of sp³-hybridized carbons (Fsp3) is 0.833. The van der Waals surface area contributed by atoms with Crippen LogP contribution >= 0.6 is 0 Å². The lowest BCUT2D eigenvalue weighted by molar-refractivity contribution is 0.0547. The van der Waals surface area contributed by atoms with Crippen molar-refractivity contribution in [3.8, 4) is 6.01 Å². The van der Waals surface area contributed by atoms with Gasteiger partial charge in [0.05, 0.1) is 33.0 Å². The van der Waals surface area contributed by atoms with E-state index < -0.39 is 0 Å². The zero-order valence-corrected chi connectivity index (χ0v) is 16.5. The molecule has 1 saturated heterocycles. The topological polar surface area (TPSA) is 108 Å². The maximum absolute atomic E-state index is 5.71. The summed E-state index contributed by atoms with van der Waals surface area (Å²) in [6.45, 7) is 8.04. The van der Waals surface area contributed by atoms with Gasteiger partial charge in [0.2, 0.25) is 11.9 Å². The molecule has 0 amide bonds. The third-order valence-electron chi connectivity index (χ3n) is 4.13. The first-order valence-electron chi connectivity index (χ1n) is 10.1. The smallest absolute Gasteiger partial charge is 0.323 e. The van der Waals surface area contributed by atoms with Crippen LogP contribution in [-0.4, -0.2) is 74.2 Å². The SMILES string of the molecule is CCCCOc1nc(NCCOCCOCCN)nc(N2CCCCC2)n1. The number of hydrogen-bond donors (Lipinski definition) is 2. The Morgan fingerprint density at radius 2 is 1.74 bits per heavy atom. The number of nitrogens with zero attached hydrogens (tertiary/aromatic N) is 4. The van der Waals surface area contributed by atoms with E-state index in [4.69, 9.17) is 19.9 Å². The number of piperidine rings is 1. The van der Waals surface area contributed by atoms with Gasteiger partial charge in [0.15, 0.2) is 0 Å². The molecule has 0 atom stereocenters. The van der Waals surface area contributed by atoms with Crippen molar-refractivity contribution in [1.82, 2.24) is 15.0 Å². The maximum atomic E-state index is 5.71. The average Bonchev–Trinajstić information content (AvgIpc) is 2.71. The second-order valence-corrected chi connectivity index (χ2v) is 6.43. The number of unbranched alkanes of at least 4 members (excludes halogenated alkanes) is 1. The van der Waals surface area contributed by atoms with Gasteiger partial charge in [-0.05, 0) is 25.7 Å². The van der Waals surface area contributed by atoms with Crippen molar-refractivity contribution in [2.75, 3.05) is 69.4 Å². The Balaban J connectivity index is 1.84. The Morgan fingerprint density at radius 3 is 2.48 bits per heavy atom. The molecule has 154 valence electrons. The van der Waals surface area contributed by atoms with Gasteiger partial charge in [0.25, 0.3) is 0 Å². The highest BCUT2D eigenvalue weighted by Gasteiger charge is 2.16. The predicted molar refractivity (Wildman–Crippen MR) is 105 cm³/mol. The minimum absolute atomic E-state index is 0.387. The van der Waals surface area contributed by atoms with Gasteiger partial charge in [-0.25, -0.2) is 0 Å². The first-order chi connectivity index (χ1) is 13.3. The first-order valence-corrected chi connectivity index (χ1v) is 10.1. The van der Waals surface area contributed by atoms with Crippen molar-refractivity contribution < 1.29 is 14.2 Å². The van der Waals surface area contributed by atoms with E-state index in [1.165, 1.54) is 19.3 Å². The van der Waals surface area contributed by atoms with E-state index in [9.17, 15) is 0 Å². The third-order valence-corrected chi connectivity index (χ3v) is 4.13. The predicted octanol–water partition coefficient (Wildman–Crippen LogP) is 1.44. The van der Waals surface area contributed by atoms with Crippen LogP contribution in [-0.2, 0) is 9.47 Å². The lowest BCUT2D eigenvalue weighted by Gasteiger charge is -2.26. The van der Waals surface area contributed by atoms with Gasteiger partial charge < -0.3 is 30.2 Å². The monoisotopic (exact) mass is 382 g/mol. The number of anilines is 2. The summed E-state index contributed by atoms with van der Waals surface area (Å²) in [7, 11) is 0. The molecule has 2 rings (SSSR count). The highest BCUT2D eigenvalue weighted by Crippen LogP contribution is 2.19. The Labute approximate surface area is 162 Å². The second kappa shape index (κ2) is 13.5. The Bertz CT molecular complexity index is 514. The van der Waals surface area contributed by atoms with Crippen molar-refractivity contribution >= 4 is 11.9 Å². The Morgan fingerprint density at radius 1 is 0.963 bits per heavy atom. The van der Waals surface area contributed by atoms with Gasteiger partial charge >= 0.3 is 6.01 Å². The molecule has 0 bridgehead atoms. The van der Waals surface area contributed by atoms with Crippen molar-refractivity contribution in [2.45, 2.75) is 39.0 Å². The minimum Gasteiger partial charge on any atom is -0.463 e. The zero-order valence-electron chi connectivity index (χ0n) is 16.5. The molecule has 0 aromatic carbocycles. The summed E-state index contributed by atoms with van der Waals surface area (Å²) in [5, 5.41) is 3.20. The van der Waals surface area contributed by atoms with Crippen molar-refractivity contribution in [3.63, 3.8) is 0 Å². The zero-order chi connectivity index (χ0) is 19.2. The van der Waals surface area contributed by atoms with E-state index in [1.807, 2.05) is 0 Å². The summed E-state index contributed by atoms with van der Waals surface area (Å²) in [6, 6.07) is 0.387. The summed E-state index contributed by atoms with van der Waals surface area (Å²) in [6.07, 6.45) is 5.65. The number of aromatic nitrogens is 3. The number of hydrogen-bond acceptors (Lipinski definition) is 9. The molecule has 1 fully saturated rings. The molecule has 1 aromatic heterocycles. The fourth-order valence-corrected chi connectivity index (χ4v) is 2.67. The van der Waals surface area contributed by atoms with Crippen LogP contribution in [0.3, 0.4) is 0 Å². The van der Waals surface area contributed by atoms with Crippen LogP contribution in [0.5, 0.6) is 6.01 Å². The van der Waals surface area contributed by atoms with Crippen LogP contribution in [0.25, 0.3) is 0 Å². The molecular formula is C18H34N6O3. The highest BCUT2D eigenvalue weighted by molar-refractivity contribution is 5.38. The third kappa shape index (κ3) is 8.68. The molecule has 2 heterocycles. The van der Waals surface area contributed by atoms with Crippen LogP contribution in [0.4, 0.5) is 11.9 Å². The first kappa shape index (κ1) is 21.6. The summed E-state index contributed by atoms with van der Waals surface area (Å²) >= 11 is 0. The quantitative estimate of drug-likeness (QED) is 0.462. The van der Waals surface area contributed by atoms with Gasteiger partial charge in [-0.15, -0.1) is 0 Å². The minimum atomic E-state index is 0.387. The lowest BCUT2D eigenvalue weighted by Crippen LogP contribution is -2.31. The van der Waals surface area contributed by atoms with Crippen LogP contribution in [0.1, 0.15) is 39.0 Å². The van der Waals surface area contributed by atoms with E-state index in [0.717, 1.165) is 25.9 Å². The summed E-state index contributed by atoms with van der Waals surface area (Å²) in [4.78, 5) is 15.6. The van der Waals surface area contributed by atoms with Crippen LogP contribution in [0, 0.1) is 0 Å². The molecule has 1 aliphatic rings. The van der Waals surface area contributed by atoms with E-state index in [2.05, 4.69) is 32.1 Å². The van der Waals surface area contributed by atoms with Gasteiger partial charge in [0.1, 0.15) is 0 Å². The molecule has 0 radical (unpaired) electrons. The molecule has 0 unspecified atom stereocenters. The van der Waals surface area contributed by atoms with E-state index >= 15 is 0 Å². The normalized spacial score (nSPS) is 14.4. The fourth-order valence-electron chi connectivity index (χ4n) is 2.67. The van der Waals surface area contributed by atoms with Crippen molar-refractivity contribution in [2.24, 2.45) is 5.73 Å². The highest BCUT2D eigenvalue weighted by atomic mass is 16.5. The number of rotatable bonds is 14. The second-order valence-electron chi connectivity index (χ2n) is 6.43. The summed E-state index contributed by atoms with van der Waals surface area (Å²) in [5.41, 5.74) is 5.36. The average molecular weight is 383 g/mol. The van der Waals surface area contributed by atoms with E-state index in [0.29, 0.717) is 64.0 Å². The Kier molecular flexibility index (Phi) is 10.8. The van der Waals surface area contributed by atoms with Gasteiger partial charge in [0, 0.05) is 26.2 Å². The van der Waals surface area contributed by atoms with Gasteiger partial charge in [-0.1, -0.05) is 13.3 Å². The number of ether oxygens (including phenoxy) is 3. The van der Waals surface area contributed by atoms with Crippen molar-refractivity contribution in [1.29, 1.82) is 0 Å². The molecule has 9 nitrogen and oxygen atoms in total. The molecular weight excluding hydrogens is 348 g/mol. The molecule has 3 N–H and O–H groups in total. The van der Waals surface area contributed by atoms with E-state index in [1.54, 1.807) is 0 Å². The molecule has 0 aliphatic carbocycles. The molecule has 9 heteroatoms. The van der Waals surface area contributed by atoms with Crippen LogP contribution in [0.2, 0.25) is 0 Å². The standard InChI is InChI=1S/C18H34N6O3/c1-2-3-11-27-18-22-16(20-8-13-26-15-14-25-12-7-19)21-17(23-18)24-9-5-4-6-10-24/h2-15,19H2,1H3,(H,20,21,22,23). The molecule has 1 aliphatic heterocycles. The largest absolute Gasteiger partial charge is 0.463 e. The maximum Gasteiger partial charge on any atom is 0.323 e. The Hall–Kier alpha value is -1.71. The van der Waals surface area contributed by atoms with Crippen molar-refractivity contribution in [3.05, 3.63) is 0 Å². The molecule has 1 aromatic rings. The summed E-state index contributed by atoms with van der Waals surface area (Å²) < 4.78 is 16.5. The lowest BCUT2D eigenvalue weighted by atomic mass is 10.1. The van der Waals surface area contributed by atoms with Gasteiger partial charge in [-0.3, -0.25) is 0 Å².